The Bertz CT molecular complexity index is 1230. The van der Waals surface area contributed by atoms with Gasteiger partial charge in [0.05, 0.1) is 30.4 Å². The van der Waals surface area contributed by atoms with Crippen LogP contribution in [-0.2, 0) is 11.3 Å². The first-order valence-electron chi connectivity index (χ1n) is 8.40. The first kappa shape index (κ1) is 17.0. The van der Waals surface area contributed by atoms with Gasteiger partial charge in [-0.25, -0.2) is 14.2 Å². The van der Waals surface area contributed by atoms with Crippen molar-refractivity contribution in [2.45, 2.75) is 13.5 Å². The van der Waals surface area contributed by atoms with E-state index in [2.05, 4.69) is 4.98 Å². The zero-order valence-electron chi connectivity index (χ0n) is 14.4. The van der Waals surface area contributed by atoms with E-state index in [1.807, 2.05) is 0 Å². The number of furan rings is 1. The van der Waals surface area contributed by atoms with Crippen molar-refractivity contribution in [2.24, 2.45) is 0 Å². The monoisotopic (exact) mass is 366 g/mol. The van der Waals surface area contributed by atoms with E-state index in [-0.39, 0.29) is 29.6 Å². The van der Waals surface area contributed by atoms with Crippen molar-refractivity contribution in [1.29, 1.82) is 0 Å². The fourth-order valence-corrected chi connectivity index (χ4v) is 3.03. The van der Waals surface area contributed by atoms with Gasteiger partial charge in [-0.05, 0) is 25.1 Å². The summed E-state index contributed by atoms with van der Waals surface area (Å²) in [6.45, 7) is 1.94. The number of ether oxygens (including phenoxy) is 1. The van der Waals surface area contributed by atoms with Crippen LogP contribution in [-0.4, -0.2) is 22.1 Å². The molecule has 0 aliphatic rings. The summed E-state index contributed by atoms with van der Waals surface area (Å²) in [6, 6.07) is 10.9. The number of hydrogen-bond acceptors (Lipinski definition) is 5. The Morgan fingerprint density at radius 1 is 1.22 bits per heavy atom. The summed E-state index contributed by atoms with van der Waals surface area (Å²) in [4.78, 5) is 29.3. The number of fused-ring (bicyclic) bond motifs is 2. The number of carbonyl (C=O) groups excluding carboxylic acids is 1. The van der Waals surface area contributed by atoms with E-state index in [9.17, 15) is 14.0 Å². The number of carbonyl (C=O) groups is 1. The SMILES string of the molecule is CCOC(=O)c1c(Cn2cnc3cc(F)ccc3c2=O)oc2ccccc12. The minimum Gasteiger partial charge on any atom is -0.462 e. The lowest BCUT2D eigenvalue weighted by Crippen LogP contribution is -2.22. The lowest BCUT2D eigenvalue weighted by atomic mass is 10.1. The molecule has 2 aromatic carbocycles. The maximum atomic E-state index is 13.3. The number of halogens is 1. The van der Waals surface area contributed by atoms with E-state index in [1.165, 1.54) is 29.1 Å². The number of benzene rings is 2. The molecular weight excluding hydrogens is 351 g/mol. The van der Waals surface area contributed by atoms with Crippen LogP contribution in [0.2, 0.25) is 0 Å². The van der Waals surface area contributed by atoms with Gasteiger partial charge < -0.3 is 9.15 Å². The van der Waals surface area contributed by atoms with Crippen LogP contribution in [0.5, 0.6) is 0 Å². The van der Waals surface area contributed by atoms with Gasteiger partial charge >= 0.3 is 5.97 Å². The summed E-state index contributed by atoms with van der Waals surface area (Å²) in [6.07, 6.45) is 1.31. The predicted molar refractivity (Wildman–Crippen MR) is 97.2 cm³/mol. The molecule has 6 nitrogen and oxygen atoms in total. The molecule has 2 heterocycles. The van der Waals surface area contributed by atoms with E-state index in [0.29, 0.717) is 22.3 Å². The van der Waals surface area contributed by atoms with Crippen molar-refractivity contribution in [3.05, 3.63) is 76.3 Å². The van der Waals surface area contributed by atoms with Crippen LogP contribution in [0.1, 0.15) is 23.0 Å². The van der Waals surface area contributed by atoms with E-state index in [0.717, 1.165) is 0 Å². The van der Waals surface area contributed by atoms with Gasteiger partial charge in [-0.15, -0.1) is 0 Å². The number of para-hydroxylation sites is 1. The highest BCUT2D eigenvalue weighted by Gasteiger charge is 2.22. The van der Waals surface area contributed by atoms with Crippen LogP contribution in [0, 0.1) is 5.82 Å². The zero-order valence-corrected chi connectivity index (χ0v) is 14.4. The molecule has 0 spiro atoms. The molecule has 4 rings (SSSR count). The lowest BCUT2D eigenvalue weighted by molar-refractivity contribution is 0.0525. The summed E-state index contributed by atoms with van der Waals surface area (Å²) in [5.41, 5.74) is 0.736. The molecule has 0 N–H and O–H groups in total. The number of hydrogen-bond donors (Lipinski definition) is 0. The van der Waals surface area contributed by atoms with Crippen LogP contribution in [0.25, 0.3) is 21.9 Å². The van der Waals surface area contributed by atoms with E-state index in [1.54, 1.807) is 31.2 Å². The maximum absolute atomic E-state index is 13.3. The molecule has 0 bridgehead atoms. The van der Waals surface area contributed by atoms with Crippen LogP contribution < -0.4 is 5.56 Å². The Kier molecular flexibility index (Phi) is 4.19. The Balaban J connectivity index is 1.84. The molecule has 0 aliphatic heterocycles. The molecule has 0 atom stereocenters. The number of nitrogens with zero attached hydrogens (tertiary/aromatic N) is 2. The van der Waals surface area contributed by atoms with Crippen LogP contribution in [0.4, 0.5) is 4.39 Å². The van der Waals surface area contributed by atoms with Crippen molar-refractivity contribution in [1.82, 2.24) is 9.55 Å². The quantitative estimate of drug-likeness (QED) is 0.517. The molecule has 0 amide bonds. The van der Waals surface area contributed by atoms with Crippen LogP contribution in [0.15, 0.2) is 58.0 Å². The molecule has 0 saturated carbocycles. The summed E-state index contributed by atoms with van der Waals surface area (Å²) in [7, 11) is 0. The van der Waals surface area contributed by atoms with Gasteiger partial charge in [0.2, 0.25) is 0 Å². The highest BCUT2D eigenvalue weighted by Crippen LogP contribution is 2.27. The Hall–Kier alpha value is -3.48. The first-order chi connectivity index (χ1) is 13.1. The van der Waals surface area contributed by atoms with Crippen molar-refractivity contribution in [2.75, 3.05) is 6.61 Å². The van der Waals surface area contributed by atoms with E-state index < -0.39 is 11.8 Å². The van der Waals surface area contributed by atoms with Gasteiger partial charge in [-0.1, -0.05) is 18.2 Å². The second kappa shape index (κ2) is 6.68. The summed E-state index contributed by atoms with van der Waals surface area (Å²) >= 11 is 0. The largest absolute Gasteiger partial charge is 0.462 e. The second-order valence-electron chi connectivity index (χ2n) is 5.96. The van der Waals surface area contributed by atoms with Crippen molar-refractivity contribution in [3.8, 4) is 0 Å². The molecule has 136 valence electrons. The number of esters is 1. The Morgan fingerprint density at radius 2 is 2.04 bits per heavy atom. The lowest BCUT2D eigenvalue weighted by Gasteiger charge is -2.07. The van der Waals surface area contributed by atoms with Crippen LogP contribution >= 0.6 is 0 Å². The number of aromatic nitrogens is 2. The van der Waals surface area contributed by atoms with Crippen molar-refractivity contribution in [3.63, 3.8) is 0 Å². The molecule has 4 aromatic rings. The normalized spacial score (nSPS) is 11.2. The Labute approximate surface area is 152 Å². The summed E-state index contributed by atoms with van der Waals surface area (Å²) in [5, 5.41) is 0.905. The molecule has 2 aromatic heterocycles. The van der Waals surface area contributed by atoms with Crippen molar-refractivity contribution < 1.29 is 18.3 Å². The standard InChI is InChI=1S/C20H15FN2O4/c1-2-26-20(25)18-14-5-3-4-6-16(14)27-17(18)10-23-11-22-15-9-12(21)7-8-13(15)19(23)24/h3-9,11H,2,10H2,1H3. The second-order valence-corrected chi connectivity index (χ2v) is 5.96. The first-order valence-corrected chi connectivity index (χ1v) is 8.40. The summed E-state index contributed by atoms with van der Waals surface area (Å²) in [5.74, 6) is -0.671. The molecule has 27 heavy (non-hydrogen) atoms. The van der Waals surface area contributed by atoms with Crippen molar-refractivity contribution >= 4 is 27.8 Å². The molecule has 0 saturated heterocycles. The highest BCUT2D eigenvalue weighted by molar-refractivity contribution is 6.04. The summed E-state index contributed by atoms with van der Waals surface area (Å²) < 4.78 is 25.6. The van der Waals surface area contributed by atoms with Gasteiger partial charge in [-0.2, -0.15) is 0 Å². The topological polar surface area (TPSA) is 74.3 Å². The molecular formula is C20H15FN2O4. The zero-order chi connectivity index (χ0) is 19.0. The van der Waals surface area contributed by atoms with E-state index in [4.69, 9.17) is 9.15 Å². The highest BCUT2D eigenvalue weighted by atomic mass is 19.1. The van der Waals surface area contributed by atoms with E-state index >= 15 is 0 Å². The molecule has 0 radical (unpaired) electrons. The van der Waals surface area contributed by atoms with Gasteiger partial charge in [0, 0.05) is 11.5 Å². The number of rotatable bonds is 4. The molecule has 0 unspecified atom stereocenters. The fourth-order valence-electron chi connectivity index (χ4n) is 3.03. The van der Waals surface area contributed by atoms with Gasteiger partial charge in [0.1, 0.15) is 22.7 Å². The minimum atomic E-state index is -0.513. The molecule has 0 aliphatic carbocycles. The maximum Gasteiger partial charge on any atom is 0.342 e. The molecule has 7 heteroatoms. The third kappa shape index (κ3) is 2.97. The predicted octanol–water partition coefficient (Wildman–Crippen LogP) is 3.51. The third-order valence-corrected chi connectivity index (χ3v) is 4.25. The van der Waals surface area contributed by atoms with Crippen LogP contribution in [0.3, 0.4) is 0 Å². The van der Waals surface area contributed by atoms with Gasteiger partial charge in [-0.3, -0.25) is 9.36 Å². The minimum absolute atomic E-state index is 0.00196. The smallest absolute Gasteiger partial charge is 0.342 e. The van der Waals surface area contributed by atoms with Gasteiger partial charge in [0.15, 0.2) is 0 Å². The third-order valence-electron chi connectivity index (χ3n) is 4.25. The Morgan fingerprint density at radius 3 is 2.85 bits per heavy atom. The fraction of sp³-hybridized carbons (Fsp3) is 0.150. The molecule has 0 fully saturated rings. The average Bonchev–Trinajstić information content (AvgIpc) is 3.02. The van der Waals surface area contributed by atoms with Gasteiger partial charge in [0.25, 0.3) is 5.56 Å². The average molecular weight is 366 g/mol.